The van der Waals surface area contributed by atoms with E-state index < -0.39 is 24.0 Å². The van der Waals surface area contributed by atoms with Crippen molar-refractivity contribution >= 4 is 18.3 Å². The number of nitrogens with one attached hydrogen (secondary N) is 1. The van der Waals surface area contributed by atoms with Gasteiger partial charge in [0.2, 0.25) is 5.91 Å². The zero-order valence-electron chi connectivity index (χ0n) is 12.0. The quantitative estimate of drug-likeness (QED) is 0.888. The Balaban J connectivity index is 0.00000242. The summed E-state index contributed by atoms with van der Waals surface area (Å²) >= 11 is 0. The maximum Gasteiger partial charge on any atom is 0.408 e. The number of amides is 1. The van der Waals surface area contributed by atoms with Crippen LogP contribution in [-0.2, 0) is 11.2 Å². The topological polar surface area (TPSA) is 55.1 Å². The van der Waals surface area contributed by atoms with Crippen molar-refractivity contribution in [3.8, 4) is 0 Å². The largest absolute Gasteiger partial charge is 0.408 e. The van der Waals surface area contributed by atoms with E-state index in [0.29, 0.717) is 24.8 Å². The molecule has 1 aromatic carbocycles. The molecule has 1 saturated carbocycles. The third-order valence-electron chi connectivity index (χ3n) is 3.84. The van der Waals surface area contributed by atoms with Gasteiger partial charge < -0.3 is 11.1 Å². The number of rotatable bonds is 4. The summed E-state index contributed by atoms with van der Waals surface area (Å²) in [4.78, 5) is 12.0. The molecule has 0 radical (unpaired) electrons. The highest BCUT2D eigenvalue weighted by molar-refractivity contribution is 5.85. The van der Waals surface area contributed by atoms with Crippen molar-refractivity contribution in [1.29, 1.82) is 0 Å². The minimum Gasteiger partial charge on any atom is -0.344 e. The van der Waals surface area contributed by atoms with Crippen LogP contribution in [0.1, 0.15) is 24.8 Å². The first kappa shape index (κ1) is 18.8. The molecule has 3 unspecified atom stereocenters. The number of hydrogen-bond acceptors (Lipinski definition) is 2. The highest BCUT2D eigenvalue weighted by Crippen LogP contribution is 2.27. The lowest BCUT2D eigenvalue weighted by Gasteiger charge is -2.23. The zero-order chi connectivity index (χ0) is 15.5. The summed E-state index contributed by atoms with van der Waals surface area (Å²) in [6.07, 6.45) is -3.01. The van der Waals surface area contributed by atoms with E-state index in [2.05, 4.69) is 5.32 Å². The summed E-state index contributed by atoms with van der Waals surface area (Å²) < 4.78 is 39.3. The third-order valence-corrected chi connectivity index (χ3v) is 3.84. The van der Waals surface area contributed by atoms with Gasteiger partial charge in [-0.1, -0.05) is 30.3 Å². The van der Waals surface area contributed by atoms with Crippen molar-refractivity contribution in [3.63, 3.8) is 0 Å². The molecule has 3 atom stereocenters. The van der Waals surface area contributed by atoms with Crippen molar-refractivity contribution in [3.05, 3.63) is 35.9 Å². The molecular weight excluding hydrogens is 317 g/mol. The second-order valence-corrected chi connectivity index (χ2v) is 5.56. The number of carbonyl (C=O) groups excluding carboxylic acids is 1. The standard InChI is InChI=1S/C15H19F3N2O.ClH/c16-15(17,18)13(8-10-4-2-1-3-5-10)20-14(21)11-6-7-12(19)9-11;/h1-5,11-13H,6-9,19H2,(H,20,21);1H. The van der Waals surface area contributed by atoms with E-state index in [1.54, 1.807) is 30.3 Å². The Morgan fingerprint density at radius 2 is 1.91 bits per heavy atom. The van der Waals surface area contributed by atoms with E-state index in [1.165, 1.54) is 0 Å². The predicted molar refractivity (Wildman–Crippen MR) is 80.7 cm³/mol. The van der Waals surface area contributed by atoms with E-state index in [1.807, 2.05) is 0 Å². The molecule has 3 nitrogen and oxygen atoms in total. The monoisotopic (exact) mass is 336 g/mol. The summed E-state index contributed by atoms with van der Waals surface area (Å²) in [7, 11) is 0. The highest BCUT2D eigenvalue weighted by Gasteiger charge is 2.42. The summed E-state index contributed by atoms with van der Waals surface area (Å²) in [6.45, 7) is 0. The van der Waals surface area contributed by atoms with Crippen LogP contribution < -0.4 is 11.1 Å². The molecule has 1 fully saturated rings. The average Bonchev–Trinajstić information content (AvgIpc) is 2.85. The molecule has 124 valence electrons. The van der Waals surface area contributed by atoms with Gasteiger partial charge in [-0.3, -0.25) is 4.79 Å². The molecule has 3 N–H and O–H groups in total. The minimum absolute atomic E-state index is 0. The van der Waals surface area contributed by atoms with Crippen molar-refractivity contribution < 1.29 is 18.0 Å². The summed E-state index contributed by atoms with van der Waals surface area (Å²) in [5, 5.41) is 2.15. The molecule has 2 rings (SSSR count). The summed E-state index contributed by atoms with van der Waals surface area (Å²) in [5.74, 6) is -0.943. The Morgan fingerprint density at radius 1 is 1.27 bits per heavy atom. The number of benzene rings is 1. The van der Waals surface area contributed by atoms with Gasteiger partial charge in [-0.15, -0.1) is 12.4 Å². The molecule has 1 aromatic rings. The van der Waals surface area contributed by atoms with E-state index in [4.69, 9.17) is 5.73 Å². The van der Waals surface area contributed by atoms with Gasteiger partial charge in [-0.05, 0) is 24.8 Å². The minimum atomic E-state index is -4.47. The van der Waals surface area contributed by atoms with Crippen LogP contribution in [0.15, 0.2) is 30.3 Å². The summed E-state index contributed by atoms with van der Waals surface area (Å²) in [5.41, 5.74) is 6.25. The van der Waals surface area contributed by atoms with Gasteiger partial charge in [0.05, 0.1) is 0 Å². The van der Waals surface area contributed by atoms with Crippen LogP contribution in [0.3, 0.4) is 0 Å². The maximum atomic E-state index is 13.1. The van der Waals surface area contributed by atoms with Gasteiger partial charge >= 0.3 is 6.18 Å². The molecule has 0 spiro atoms. The van der Waals surface area contributed by atoms with Gasteiger partial charge in [0.15, 0.2) is 0 Å². The number of nitrogens with two attached hydrogens (primary N) is 1. The molecule has 0 saturated heterocycles. The molecule has 22 heavy (non-hydrogen) atoms. The Kier molecular flexibility index (Phi) is 6.68. The normalized spacial score (nSPS) is 22.7. The fourth-order valence-corrected chi connectivity index (χ4v) is 2.64. The molecule has 0 aliphatic heterocycles. The van der Waals surface area contributed by atoms with Crippen molar-refractivity contribution in [2.45, 2.75) is 43.9 Å². The van der Waals surface area contributed by atoms with Crippen LogP contribution in [0.2, 0.25) is 0 Å². The van der Waals surface area contributed by atoms with Crippen molar-refractivity contribution in [1.82, 2.24) is 5.32 Å². The highest BCUT2D eigenvalue weighted by atomic mass is 35.5. The second-order valence-electron chi connectivity index (χ2n) is 5.56. The van der Waals surface area contributed by atoms with Crippen LogP contribution in [-0.4, -0.2) is 24.2 Å². The molecule has 1 amide bonds. The number of halogens is 4. The van der Waals surface area contributed by atoms with Crippen LogP contribution in [0.25, 0.3) is 0 Å². The van der Waals surface area contributed by atoms with Gasteiger partial charge in [0.25, 0.3) is 0 Å². The van der Waals surface area contributed by atoms with E-state index in [9.17, 15) is 18.0 Å². The van der Waals surface area contributed by atoms with Crippen molar-refractivity contribution in [2.24, 2.45) is 11.7 Å². The van der Waals surface area contributed by atoms with E-state index in [-0.39, 0.29) is 24.9 Å². The van der Waals surface area contributed by atoms with E-state index >= 15 is 0 Å². The lowest BCUT2D eigenvalue weighted by molar-refractivity contribution is -0.162. The summed E-state index contributed by atoms with van der Waals surface area (Å²) in [6, 6.07) is 6.40. The molecule has 7 heteroatoms. The molecule has 1 aliphatic rings. The Morgan fingerprint density at radius 3 is 2.41 bits per heavy atom. The second kappa shape index (κ2) is 7.83. The fourth-order valence-electron chi connectivity index (χ4n) is 2.64. The van der Waals surface area contributed by atoms with Gasteiger partial charge in [-0.2, -0.15) is 13.2 Å². The van der Waals surface area contributed by atoms with Crippen LogP contribution in [0, 0.1) is 5.92 Å². The first-order chi connectivity index (χ1) is 9.86. The molecule has 0 aromatic heterocycles. The van der Waals surface area contributed by atoms with Crippen LogP contribution in [0.5, 0.6) is 0 Å². The zero-order valence-corrected chi connectivity index (χ0v) is 12.8. The lowest BCUT2D eigenvalue weighted by Crippen LogP contribution is -2.48. The van der Waals surface area contributed by atoms with Crippen LogP contribution >= 0.6 is 12.4 Å². The van der Waals surface area contributed by atoms with Gasteiger partial charge in [0.1, 0.15) is 6.04 Å². The molecule has 0 heterocycles. The smallest absolute Gasteiger partial charge is 0.344 e. The average molecular weight is 337 g/mol. The molecule has 0 bridgehead atoms. The van der Waals surface area contributed by atoms with Gasteiger partial charge in [-0.25, -0.2) is 0 Å². The fraction of sp³-hybridized carbons (Fsp3) is 0.533. The lowest BCUT2D eigenvalue weighted by atomic mass is 10.0. The molecule has 1 aliphatic carbocycles. The Bertz CT molecular complexity index is 481. The van der Waals surface area contributed by atoms with Gasteiger partial charge in [0, 0.05) is 18.4 Å². The molecular formula is C15H20ClF3N2O. The maximum absolute atomic E-state index is 13.1. The first-order valence-electron chi connectivity index (χ1n) is 7.03. The van der Waals surface area contributed by atoms with E-state index in [0.717, 1.165) is 0 Å². The number of carbonyl (C=O) groups is 1. The SMILES string of the molecule is Cl.NC1CCC(C(=O)NC(Cc2ccccc2)C(F)(F)F)C1. The van der Waals surface area contributed by atoms with Crippen molar-refractivity contribution in [2.75, 3.05) is 0 Å². The van der Waals surface area contributed by atoms with Crippen LogP contribution in [0.4, 0.5) is 13.2 Å². The Hall–Kier alpha value is -1.27. The Labute approximate surface area is 133 Å². The number of alkyl halides is 3. The first-order valence-corrected chi connectivity index (χ1v) is 7.03. The predicted octanol–water partition coefficient (Wildman–Crippen LogP) is 2.83. The third kappa shape index (κ3) is 5.18. The number of hydrogen-bond donors (Lipinski definition) is 2.